The zero-order chi connectivity index (χ0) is 21.0. The standard InChI is InChI=1S/C22H22N2O5/c1-14-20(27)19(21(28)23-12-11-18(25)26)22(29)24(14)13-15-7-9-17(10-8-15)16-5-3-2-4-6-16/h2-10,14,27H,11-13H2,1H3,(H,23,28)(H,25,26). The fourth-order valence-corrected chi connectivity index (χ4v) is 3.21. The highest BCUT2D eigenvalue weighted by atomic mass is 16.4. The summed E-state index contributed by atoms with van der Waals surface area (Å²) in [4.78, 5) is 36.9. The summed E-state index contributed by atoms with van der Waals surface area (Å²) in [5.74, 6) is -2.70. The van der Waals surface area contributed by atoms with Gasteiger partial charge in [-0.15, -0.1) is 0 Å². The van der Waals surface area contributed by atoms with Gasteiger partial charge >= 0.3 is 5.97 Å². The van der Waals surface area contributed by atoms with Gasteiger partial charge in [-0.05, 0) is 23.6 Å². The van der Waals surface area contributed by atoms with Crippen LogP contribution in [-0.4, -0.2) is 45.5 Å². The summed E-state index contributed by atoms with van der Waals surface area (Å²) >= 11 is 0. The lowest BCUT2D eigenvalue weighted by Gasteiger charge is -2.22. The average Bonchev–Trinajstić information content (AvgIpc) is 2.92. The highest BCUT2D eigenvalue weighted by molar-refractivity contribution is 6.20. The Kier molecular flexibility index (Phi) is 5.97. The lowest BCUT2D eigenvalue weighted by molar-refractivity contribution is -0.136. The van der Waals surface area contributed by atoms with Gasteiger partial charge in [-0.3, -0.25) is 14.4 Å². The van der Waals surface area contributed by atoms with Crippen LogP contribution in [0, 0.1) is 0 Å². The third-order valence-corrected chi connectivity index (χ3v) is 4.86. The number of aliphatic carboxylic acids is 1. The number of aliphatic hydroxyl groups excluding tert-OH is 1. The van der Waals surface area contributed by atoms with Gasteiger partial charge in [0.15, 0.2) is 0 Å². The quantitative estimate of drug-likeness (QED) is 0.626. The molecule has 7 heteroatoms. The van der Waals surface area contributed by atoms with Crippen LogP contribution in [0.4, 0.5) is 0 Å². The molecule has 1 unspecified atom stereocenters. The molecule has 0 saturated carbocycles. The Bertz CT molecular complexity index is 951. The topological polar surface area (TPSA) is 107 Å². The first kappa shape index (κ1) is 20.1. The molecule has 0 saturated heterocycles. The van der Waals surface area contributed by atoms with E-state index >= 15 is 0 Å². The minimum Gasteiger partial charge on any atom is -0.509 e. The second-order valence-electron chi connectivity index (χ2n) is 6.83. The molecule has 0 radical (unpaired) electrons. The van der Waals surface area contributed by atoms with E-state index in [1.165, 1.54) is 4.90 Å². The number of aliphatic hydroxyl groups is 1. The Morgan fingerprint density at radius 3 is 2.28 bits per heavy atom. The van der Waals surface area contributed by atoms with E-state index in [1.807, 2.05) is 54.6 Å². The van der Waals surface area contributed by atoms with Gasteiger partial charge in [-0.2, -0.15) is 0 Å². The summed E-state index contributed by atoms with van der Waals surface area (Å²) in [6.45, 7) is 1.77. The Morgan fingerprint density at radius 2 is 1.66 bits per heavy atom. The molecular formula is C22H22N2O5. The molecule has 1 heterocycles. The second-order valence-corrected chi connectivity index (χ2v) is 6.83. The van der Waals surface area contributed by atoms with Gasteiger partial charge in [0, 0.05) is 13.1 Å². The molecule has 1 atom stereocenters. The summed E-state index contributed by atoms with van der Waals surface area (Å²) in [6, 6.07) is 17.0. The molecule has 150 valence electrons. The normalized spacial score (nSPS) is 16.2. The smallest absolute Gasteiger partial charge is 0.305 e. The van der Waals surface area contributed by atoms with Crippen molar-refractivity contribution < 1.29 is 24.6 Å². The van der Waals surface area contributed by atoms with Gasteiger partial charge in [0.2, 0.25) is 0 Å². The predicted octanol–water partition coefficient (Wildman–Crippen LogP) is 2.49. The zero-order valence-electron chi connectivity index (χ0n) is 16.0. The molecule has 7 nitrogen and oxygen atoms in total. The number of hydrogen-bond acceptors (Lipinski definition) is 4. The molecule has 0 spiro atoms. The van der Waals surface area contributed by atoms with Crippen molar-refractivity contribution in [1.29, 1.82) is 0 Å². The van der Waals surface area contributed by atoms with Crippen molar-refractivity contribution in [3.05, 3.63) is 71.5 Å². The summed E-state index contributed by atoms with van der Waals surface area (Å²) in [6.07, 6.45) is -0.263. The van der Waals surface area contributed by atoms with Gasteiger partial charge in [0.05, 0.1) is 12.5 Å². The molecule has 2 aromatic rings. The van der Waals surface area contributed by atoms with Gasteiger partial charge in [-0.25, -0.2) is 0 Å². The SMILES string of the molecule is CC1C(O)=C(C(=O)NCCC(=O)O)C(=O)N1Cc1ccc(-c2ccccc2)cc1. The van der Waals surface area contributed by atoms with Gasteiger partial charge < -0.3 is 20.4 Å². The summed E-state index contributed by atoms with van der Waals surface area (Å²) in [7, 11) is 0. The lowest BCUT2D eigenvalue weighted by Crippen LogP contribution is -2.36. The van der Waals surface area contributed by atoms with Crippen molar-refractivity contribution in [2.24, 2.45) is 0 Å². The van der Waals surface area contributed by atoms with Crippen molar-refractivity contribution >= 4 is 17.8 Å². The maximum atomic E-state index is 12.7. The van der Waals surface area contributed by atoms with Crippen LogP contribution in [-0.2, 0) is 20.9 Å². The van der Waals surface area contributed by atoms with E-state index in [1.54, 1.807) is 6.92 Å². The number of nitrogens with zero attached hydrogens (tertiary/aromatic N) is 1. The van der Waals surface area contributed by atoms with Gasteiger partial charge in [-0.1, -0.05) is 54.6 Å². The zero-order valence-corrected chi connectivity index (χ0v) is 16.0. The molecule has 2 amide bonds. The molecular weight excluding hydrogens is 372 g/mol. The highest BCUT2D eigenvalue weighted by Gasteiger charge is 2.40. The van der Waals surface area contributed by atoms with Crippen molar-refractivity contribution in [1.82, 2.24) is 10.2 Å². The summed E-state index contributed by atoms with van der Waals surface area (Å²) in [5.41, 5.74) is 2.67. The monoisotopic (exact) mass is 394 g/mol. The number of amides is 2. The van der Waals surface area contributed by atoms with Crippen LogP contribution in [0.15, 0.2) is 65.9 Å². The molecule has 0 fully saturated rings. The molecule has 1 aliphatic rings. The van der Waals surface area contributed by atoms with Crippen molar-refractivity contribution in [3.8, 4) is 11.1 Å². The molecule has 29 heavy (non-hydrogen) atoms. The molecule has 1 aliphatic heterocycles. The van der Waals surface area contributed by atoms with Crippen LogP contribution in [0.1, 0.15) is 18.9 Å². The Morgan fingerprint density at radius 1 is 1.03 bits per heavy atom. The minimum atomic E-state index is -1.06. The number of rotatable bonds is 7. The summed E-state index contributed by atoms with van der Waals surface area (Å²) < 4.78 is 0. The first-order valence-corrected chi connectivity index (χ1v) is 9.27. The van der Waals surface area contributed by atoms with Gasteiger partial charge in [0.25, 0.3) is 11.8 Å². The van der Waals surface area contributed by atoms with E-state index in [0.29, 0.717) is 0 Å². The molecule has 2 aromatic carbocycles. The van der Waals surface area contributed by atoms with Crippen molar-refractivity contribution in [2.45, 2.75) is 25.9 Å². The Labute approximate surface area is 168 Å². The molecule has 0 aliphatic carbocycles. The largest absolute Gasteiger partial charge is 0.509 e. The average molecular weight is 394 g/mol. The number of benzene rings is 2. The van der Waals surface area contributed by atoms with E-state index in [2.05, 4.69) is 5.32 Å². The van der Waals surface area contributed by atoms with E-state index in [0.717, 1.165) is 16.7 Å². The fourth-order valence-electron chi connectivity index (χ4n) is 3.21. The van der Waals surface area contributed by atoms with Crippen LogP contribution in [0.25, 0.3) is 11.1 Å². The van der Waals surface area contributed by atoms with Gasteiger partial charge in [0.1, 0.15) is 11.3 Å². The van der Waals surface area contributed by atoms with Crippen LogP contribution < -0.4 is 5.32 Å². The third-order valence-electron chi connectivity index (χ3n) is 4.86. The lowest BCUT2D eigenvalue weighted by atomic mass is 10.0. The number of carbonyl (C=O) groups excluding carboxylic acids is 2. The van der Waals surface area contributed by atoms with Crippen molar-refractivity contribution in [2.75, 3.05) is 6.54 Å². The predicted molar refractivity (Wildman–Crippen MR) is 107 cm³/mol. The molecule has 0 bridgehead atoms. The minimum absolute atomic E-state index is 0.118. The van der Waals surface area contributed by atoms with E-state index < -0.39 is 23.8 Å². The Balaban J connectivity index is 1.68. The maximum Gasteiger partial charge on any atom is 0.305 e. The van der Waals surface area contributed by atoms with Crippen LogP contribution >= 0.6 is 0 Å². The number of carboxylic acid groups (broad SMARTS) is 1. The molecule has 3 rings (SSSR count). The summed E-state index contributed by atoms with van der Waals surface area (Å²) in [5, 5.41) is 21.3. The van der Waals surface area contributed by atoms with E-state index in [4.69, 9.17) is 5.11 Å². The molecule has 3 N–H and O–H groups in total. The third kappa shape index (κ3) is 4.45. The Hall–Kier alpha value is -3.61. The first-order valence-electron chi connectivity index (χ1n) is 9.27. The van der Waals surface area contributed by atoms with Crippen molar-refractivity contribution in [3.63, 3.8) is 0 Å². The fraction of sp³-hybridized carbons (Fsp3) is 0.227. The van der Waals surface area contributed by atoms with Crippen LogP contribution in [0.2, 0.25) is 0 Å². The number of carboxylic acids is 1. The maximum absolute atomic E-state index is 12.7. The van der Waals surface area contributed by atoms with E-state index in [9.17, 15) is 19.5 Å². The number of carbonyl (C=O) groups is 3. The van der Waals surface area contributed by atoms with Crippen LogP contribution in [0.3, 0.4) is 0 Å². The first-order chi connectivity index (χ1) is 13.9. The second kappa shape index (κ2) is 8.60. The van der Waals surface area contributed by atoms with E-state index in [-0.39, 0.29) is 30.8 Å². The number of hydrogen-bond donors (Lipinski definition) is 3. The number of nitrogens with one attached hydrogen (secondary N) is 1. The highest BCUT2D eigenvalue weighted by Crippen LogP contribution is 2.27. The molecule has 0 aromatic heterocycles. The van der Waals surface area contributed by atoms with Crippen LogP contribution in [0.5, 0.6) is 0 Å².